The molecule has 1 fully saturated rings. The van der Waals surface area contributed by atoms with E-state index in [2.05, 4.69) is 67.7 Å². The molecule has 1 saturated heterocycles. The first-order valence-corrected chi connectivity index (χ1v) is 12.6. The zero-order chi connectivity index (χ0) is 25.1. The van der Waals surface area contributed by atoms with E-state index in [-0.39, 0.29) is 11.5 Å². The Labute approximate surface area is 207 Å². The third kappa shape index (κ3) is 8.35. The zero-order valence-corrected chi connectivity index (χ0v) is 22.0. The molecule has 3 rings (SSSR count). The lowest BCUT2D eigenvalue weighted by molar-refractivity contribution is -0.120. The van der Waals surface area contributed by atoms with Crippen LogP contribution in [0.3, 0.4) is 0 Å². The van der Waals surface area contributed by atoms with Gasteiger partial charge in [0.1, 0.15) is 11.4 Å². The van der Waals surface area contributed by atoms with Gasteiger partial charge in [-0.15, -0.1) is 6.58 Å². The number of para-hydroxylation sites is 1. The molecule has 1 amide bonds. The van der Waals surface area contributed by atoms with E-state index in [1.165, 1.54) is 11.1 Å². The molecule has 34 heavy (non-hydrogen) atoms. The van der Waals surface area contributed by atoms with E-state index >= 15 is 0 Å². The van der Waals surface area contributed by atoms with Crippen molar-refractivity contribution < 1.29 is 9.53 Å². The fourth-order valence-electron chi connectivity index (χ4n) is 4.57. The second-order valence-corrected chi connectivity index (χ2v) is 9.97. The lowest BCUT2D eigenvalue weighted by atomic mass is 9.95. The number of rotatable bonds is 9. The summed E-state index contributed by atoms with van der Waals surface area (Å²) in [7, 11) is 1.85. The summed E-state index contributed by atoms with van der Waals surface area (Å²) in [5.74, 6) is 1.72. The van der Waals surface area contributed by atoms with Crippen molar-refractivity contribution in [2.24, 2.45) is 5.92 Å². The Balaban J connectivity index is 0.00000129. The first-order valence-electron chi connectivity index (χ1n) is 12.6. The number of benzene rings is 1. The van der Waals surface area contributed by atoms with Crippen molar-refractivity contribution in [3.8, 4) is 5.75 Å². The highest BCUT2D eigenvalue weighted by atomic mass is 16.5. The van der Waals surface area contributed by atoms with Crippen LogP contribution in [0.1, 0.15) is 64.5 Å². The van der Waals surface area contributed by atoms with Gasteiger partial charge >= 0.3 is 0 Å². The Bertz CT molecular complexity index is 864. The highest BCUT2D eigenvalue weighted by molar-refractivity contribution is 5.79. The molecule has 188 valence electrons. The Morgan fingerprint density at radius 1 is 1.29 bits per heavy atom. The average molecular weight is 468 g/mol. The first-order chi connectivity index (χ1) is 16.2. The molecule has 1 aromatic carbocycles. The summed E-state index contributed by atoms with van der Waals surface area (Å²) in [5.41, 5.74) is 4.53. The summed E-state index contributed by atoms with van der Waals surface area (Å²) in [6.07, 6.45) is 8.09. The monoisotopic (exact) mass is 467 g/mol. The number of ether oxygens (including phenoxy) is 1. The maximum Gasteiger partial charge on any atom is 0.224 e. The molecule has 2 N–H and O–H groups in total. The van der Waals surface area contributed by atoms with Gasteiger partial charge in [0.15, 0.2) is 0 Å². The van der Waals surface area contributed by atoms with E-state index in [0.29, 0.717) is 12.3 Å². The van der Waals surface area contributed by atoms with Gasteiger partial charge in [0.2, 0.25) is 5.91 Å². The number of allylic oxidation sites excluding steroid dienone is 2. The molecule has 0 aromatic heterocycles. The first kappa shape index (κ1) is 27.7. The van der Waals surface area contributed by atoms with E-state index in [4.69, 9.17) is 4.74 Å². The van der Waals surface area contributed by atoms with Gasteiger partial charge < -0.3 is 15.4 Å². The van der Waals surface area contributed by atoms with Crippen LogP contribution in [0.4, 0.5) is 0 Å². The molecular formula is C29H45N3O2. The maximum absolute atomic E-state index is 12.4. The predicted molar refractivity (Wildman–Crippen MR) is 143 cm³/mol. The van der Waals surface area contributed by atoms with Crippen LogP contribution >= 0.6 is 0 Å². The molecule has 5 heteroatoms. The lowest BCUT2D eigenvalue weighted by Gasteiger charge is -2.32. The van der Waals surface area contributed by atoms with Crippen LogP contribution in [0.2, 0.25) is 0 Å². The van der Waals surface area contributed by atoms with Gasteiger partial charge in [0.25, 0.3) is 0 Å². The number of piperidine rings is 1. The molecule has 1 aromatic rings. The Hall–Kier alpha value is -2.53. The number of hydrogen-bond acceptors (Lipinski definition) is 4. The smallest absolute Gasteiger partial charge is 0.224 e. The SMILES string of the molecule is C=C(CC)/C(=C\NC)CC(=O)NCC1CCN(Cc2cccc3c2OC(C)(C)C3)CC1.C=CC. The van der Waals surface area contributed by atoms with E-state index in [1.54, 1.807) is 6.08 Å². The quantitative estimate of drug-likeness (QED) is 0.378. The summed E-state index contributed by atoms with van der Waals surface area (Å²) >= 11 is 0. The van der Waals surface area contributed by atoms with Crippen LogP contribution in [-0.4, -0.2) is 43.1 Å². The summed E-state index contributed by atoms with van der Waals surface area (Å²) in [6, 6.07) is 6.55. The molecule has 0 unspecified atom stereocenters. The van der Waals surface area contributed by atoms with Crippen molar-refractivity contribution in [1.29, 1.82) is 0 Å². The van der Waals surface area contributed by atoms with Gasteiger partial charge in [0.05, 0.1) is 6.42 Å². The summed E-state index contributed by atoms with van der Waals surface area (Å²) in [5, 5.41) is 6.16. The number of hydrogen-bond donors (Lipinski definition) is 2. The highest BCUT2D eigenvalue weighted by Gasteiger charge is 2.32. The minimum atomic E-state index is -0.102. The number of nitrogens with zero attached hydrogens (tertiary/aromatic N) is 1. The number of fused-ring (bicyclic) bond motifs is 1. The van der Waals surface area contributed by atoms with Crippen molar-refractivity contribution in [2.75, 3.05) is 26.7 Å². The molecule has 2 aliphatic heterocycles. The van der Waals surface area contributed by atoms with E-state index in [9.17, 15) is 4.79 Å². The minimum Gasteiger partial charge on any atom is -0.487 e. The molecule has 2 heterocycles. The maximum atomic E-state index is 12.4. The second kappa shape index (κ2) is 13.4. The molecule has 2 aliphatic rings. The fraction of sp³-hybridized carbons (Fsp3) is 0.552. The summed E-state index contributed by atoms with van der Waals surface area (Å²) in [4.78, 5) is 14.9. The summed E-state index contributed by atoms with van der Waals surface area (Å²) < 4.78 is 6.24. The van der Waals surface area contributed by atoms with Crippen LogP contribution in [0.25, 0.3) is 0 Å². The molecule has 0 atom stereocenters. The van der Waals surface area contributed by atoms with Crippen LogP contribution in [0, 0.1) is 5.92 Å². The van der Waals surface area contributed by atoms with Crippen molar-refractivity contribution >= 4 is 5.91 Å². The molecular weight excluding hydrogens is 422 g/mol. The molecule has 0 saturated carbocycles. The molecule has 0 bridgehead atoms. The number of amides is 1. The van der Waals surface area contributed by atoms with E-state index in [1.807, 2.05) is 20.2 Å². The predicted octanol–water partition coefficient (Wildman–Crippen LogP) is 5.38. The number of carbonyl (C=O) groups excluding carboxylic acids is 1. The second-order valence-electron chi connectivity index (χ2n) is 9.97. The van der Waals surface area contributed by atoms with Gasteiger partial charge in [-0.2, -0.15) is 0 Å². The topological polar surface area (TPSA) is 53.6 Å². The van der Waals surface area contributed by atoms with E-state index < -0.39 is 0 Å². The largest absolute Gasteiger partial charge is 0.487 e. The Morgan fingerprint density at radius 3 is 2.59 bits per heavy atom. The van der Waals surface area contributed by atoms with Gasteiger partial charge in [-0.05, 0) is 70.2 Å². The molecule has 5 nitrogen and oxygen atoms in total. The standard InChI is InChI=1S/C26H39N3O2.C3H6/c1-6-19(2)23(17-27-5)14-24(30)28-16-20-10-12-29(13-11-20)18-22-9-7-8-21-15-26(3,4)31-25(21)22;1-3-2/h7-9,17,20,27H,2,6,10-16,18H2,1,3-5H3,(H,28,30);3H,1H2,2H3/b23-17-;. The lowest BCUT2D eigenvalue weighted by Crippen LogP contribution is -2.38. The van der Waals surface area contributed by atoms with Crippen LogP contribution in [-0.2, 0) is 17.8 Å². The van der Waals surface area contributed by atoms with Gasteiger partial charge in [-0.25, -0.2) is 0 Å². The van der Waals surface area contributed by atoms with Crippen molar-refractivity contribution in [3.63, 3.8) is 0 Å². The number of nitrogens with one attached hydrogen (secondary N) is 2. The average Bonchev–Trinajstić information content (AvgIpc) is 3.13. The van der Waals surface area contributed by atoms with Crippen LogP contribution < -0.4 is 15.4 Å². The third-order valence-electron chi connectivity index (χ3n) is 6.41. The Morgan fingerprint density at radius 2 is 1.97 bits per heavy atom. The van der Waals surface area contributed by atoms with Crippen LogP contribution in [0.5, 0.6) is 5.75 Å². The minimum absolute atomic E-state index is 0.0816. The fourth-order valence-corrected chi connectivity index (χ4v) is 4.57. The van der Waals surface area contributed by atoms with Gasteiger partial charge in [-0.3, -0.25) is 9.69 Å². The van der Waals surface area contributed by atoms with Crippen LogP contribution in [0.15, 0.2) is 54.8 Å². The number of likely N-dealkylation sites (tertiary alicyclic amines) is 1. The zero-order valence-electron chi connectivity index (χ0n) is 22.0. The van der Waals surface area contributed by atoms with E-state index in [0.717, 1.165) is 68.8 Å². The summed E-state index contributed by atoms with van der Waals surface area (Å²) in [6.45, 7) is 19.5. The van der Waals surface area contributed by atoms with Gasteiger partial charge in [-0.1, -0.05) is 43.4 Å². The molecule has 0 spiro atoms. The van der Waals surface area contributed by atoms with Gasteiger partial charge in [0, 0.05) is 38.3 Å². The van der Waals surface area contributed by atoms with Crippen molar-refractivity contribution in [3.05, 3.63) is 65.9 Å². The molecule has 0 aliphatic carbocycles. The third-order valence-corrected chi connectivity index (χ3v) is 6.41. The number of carbonyl (C=O) groups is 1. The van der Waals surface area contributed by atoms with Crippen molar-refractivity contribution in [2.45, 2.75) is 71.9 Å². The van der Waals surface area contributed by atoms with Crippen molar-refractivity contribution in [1.82, 2.24) is 15.5 Å². The highest BCUT2D eigenvalue weighted by Crippen LogP contribution is 2.38. The molecule has 0 radical (unpaired) electrons. The Kier molecular flexibility index (Phi) is 10.9. The normalized spacial score (nSPS) is 17.6.